The Bertz CT molecular complexity index is 793. The molecular weight excluding hydrogens is 489 g/mol. The number of hydrogen-bond donors (Lipinski definition) is 0. The van der Waals surface area contributed by atoms with Crippen molar-refractivity contribution in [2.75, 3.05) is 0 Å². The Morgan fingerprint density at radius 3 is 1.67 bits per heavy atom. The lowest BCUT2D eigenvalue weighted by Gasteiger charge is -2.09. The van der Waals surface area contributed by atoms with E-state index in [9.17, 15) is 26.3 Å². The van der Waals surface area contributed by atoms with Crippen LogP contribution in [0, 0.1) is 0 Å². The summed E-state index contributed by atoms with van der Waals surface area (Å²) in [6, 6.07) is 7.23. The van der Waals surface area contributed by atoms with Crippen molar-refractivity contribution in [3.05, 3.63) is 63.1 Å². The minimum Gasteiger partial charge on any atom is -0.406 e. The molecule has 0 aliphatic rings. The Morgan fingerprint density at radius 2 is 1.26 bits per heavy atom. The van der Waals surface area contributed by atoms with Crippen LogP contribution in [0.5, 0.6) is 11.5 Å². The van der Waals surface area contributed by atoms with E-state index in [0.717, 1.165) is 18.2 Å². The molecule has 0 aliphatic carbocycles. The molecule has 148 valence electrons. The summed E-state index contributed by atoms with van der Waals surface area (Å²) >= 11 is 14.2. The summed E-state index contributed by atoms with van der Waals surface area (Å²) in [5, 5.41) is 0.657. The normalized spacial score (nSPS) is 11.3. The van der Waals surface area contributed by atoms with Gasteiger partial charge in [0.2, 0.25) is 0 Å². The molecule has 0 radical (unpaired) electrons. The summed E-state index contributed by atoms with van der Waals surface area (Å²) in [7, 11) is 0. The first-order chi connectivity index (χ1) is 12.3. The molecule has 2 aromatic rings. The van der Waals surface area contributed by atoms with Gasteiger partial charge in [0.05, 0.1) is 5.02 Å². The van der Waals surface area contributed by atoms with Crippen LogP contribution in [-0.4, -0.2) is 12.7 Å². The molecular formula is C16H9BrCl2F6O2. The van der Waals surface area contributed by atoms with Gasteiger partial charge < -0.3 is 9.47 Å². The van der Waals surface area contributed by atoms with Gasteiger partial charge in [-0.15, -0.1) is 26.3 Å². The van der Waals surface area contributed by atoms with Crippen LogP contribution in [0.4, 0.5) is 26.3 Å². The van der Waals surface area contributed by atoms with E-state index in [-0.39, 0.29) is 11.5 Å². The molecule has 0 spiro atoms. The zero-order valence-electron chi connectivity index (χ0n) is 13.0. The Kier molecular flexibility index (Phi) is 8.31. The van der Waals surface area contributed by atoms with Crippen LogP contribution in [0.3, 0.4) is 0 Å². The number of benzene rings is 2. The lowest BCUT2D eigenvalue weighted by molar-refractivity contribution is -0.275. The van der Waals surface area contributed by atoms with Crippen molar-refractivity contribution in [3.63, 3.8) is 0 Å². The maximum Gasteiger partial charge on any atom is 0.573 e. The molecule has 0 unspecified atom stereocenters. The van der Waals surface area contributed by atoms with Gasteiger partial charge in [-0.3, -0.25) is 0 Å². The van der Waals surface area contributed by atoms with Gasteiger partial charge in [-0.1, -0.05) is 35.9 Å². The number of hydrogen-bond acceptors (Lipinski definition) is 2. The molecule has 0 aromatic heterocycles. The quantitative estimate of drug-likeness (QED) is 0.401. The maximum atomic E-state index is 11.8. The standard InChI is InChI=1S/C9H6ClF3O.C7H3BrClF3O/c1-2-6-5-7(3-4-8(6)10)14-9(11,12)13;8-5-3-4(1-2-6(5)9)13-7(10,11)12/h2-5H,1H2;1-3H. The summed E-state index contributed by atoms with van der Waals surface area (Å²) < 4.78 is 78.2. The predicted octanol–water partition coefficient (Wildman–Crippen LogP) is 7.88. The van der Waals surface area contributed by atoms with Gasteiger partial charge in [-0.25, -0.2) is 0 Å². The molecule has 0 aliphatic heterocycles. The third kappa shape index (κ3) is 9.25. The first kappa shape index (κ1) is 23.5. The largest absolute Gasteiger partial charge is 0.573 e. The molecule has 11 heteroatoms. The second kappa shape index (κ2) is 9.57. The molecule has 0 atom stereocenters. The van der Waals surface area contributed by atoms with Crippen molar-refractivity contribution in [2.24, 2.45) is 0 Å². The van der Waals surface area contributed by atoms with Crippen LogP contribution in [0.1, 0.15) is 5.56 Å². The lowest BCUT2D eigenvalue weighted by atomic mass is 10.2. The van der Waals surface area contributed by atoms with Crippen LogP contribution in [0.15, 0.2) is 47.4 Å². The molecule has 0 heterocycles. The molecule has 0 amide bonds. The van der Waals surface area contributed by atoms with Gasteiger partial charge in [0, 0.05) is 9.50 Å². The summed E-state index contributed by atoms with van der Waals surface area (Å²) in [6.07, 6.45) is -8.01. The number of alkyl halides is 6. The third-order valence-electron chi connectivity index (χ3n) is 2.55. The highest BCUT2D eigenvalue weighted by molar-refractivity contribution is 9.10. The van der Waals surface area contributed by atoms with E-state index in [1.54, 1.807) is 0 Å². The first-order valence-corrected chi connectivity index (χ1v) is 8.24. The Labute approximate surface area is 168 Å². The average Bonchev–Trinajstić information content (AvgIpc) is 2.51. The van der Waals surface area contributed by atoms with E-state index in [4.69, 9.17) is 23.2 Å². The van der Waals surface area contributed by atoms with E-state index in [0.29, 0.717) is 20.1 Å². The summed E-state index contributed by atoms with van der Waals surface area (Å²) in [5.74, 6) is -0.611. The molecule has 0 fully saturated rings. The summed E-state index contributed by atoms with van der Waals surface area (Å²) in [4.78, 5) is 0. The molecule has 0 N–H and O–H groups in total. The zero-order chi connectivity index (χ0) is 20.8. The Hall–Kier alpha value is -1.58. The van der Waals surface area contributed by atoms with Gasteiger partial charge in [0.25, 0.3) is 0 Å². The Balaban J connectivity index is 0.000000271. The van der Waals surface area contributed by atoms with Crippen molar-refractivity contribution < 1.29 is 35.8 Å². The monoisotopic (exact) mass is 496 g/mol. The van der Waals surface area contributed by atoms with Gasteiger partial charge in [-0.2, -0.15) is 0 Å². The van der Waals surface area contributed by atoms with Crippen molar-refractivity contribution in [1.29, 1.82) is 0 Å². The van der Waals surface area contributed by atoms with Gasteiger partial charge >= 0.3 is 12.7 Å². The number of ether oxygens (including phenoxy) is 2. The van der Waals surface area contributed by atoms with Crippen LogP contribution in [0.2, 0.25) is 10.0 Å². The van der Waals surface area contributed by atoms with Crippen LogP contribution in [0.25, 0.3) is 6.08 Å². The predicted molar refractivity (Wildman–Crippen MR) is 94.1 cm³/mol. The molecule has 0 saturated carbocycles. The smallest absolute Gasteiger partial charge is 0.406 e. The maximum absolute atomic E-state index is 11.8. The van der Waals surface area contributed by atoms with Crippen LogP contribution >= 0.6 is 39.1 Å². The van der Waals surface area contributed by atoms with Crippen molar-refractivity contribution in [3.8, 4) is 11.5 Å². The fourth-order valence-electron chi connectivity index (χ4n) is 1.55. The summed E-state index contributed by atoms with van der Waals surface area (Å²) in [5.41, 5.74) is 0.397. The van der Waals surface area contributed by atoms with Gasteiger partial charge in [0.1, 0.15) is 11.5 Å². The topological polar surface area (TPSA) is 18.5 Å². The fourth-order valence-corrected chi connectivity index (χ4v) is 2.22. The second-order valence-corrected chi connectivity index (χ2v) is 6.23. The molecule has 2 rings (SSSR count). The van der Waals surface area contributed by atoms with E-state index < -0.39 is 12.7 Å². The second-order valence-electron chi connectivity index (χ2n) is 4.56. The average molecular weight is 498 g/mol. The molecule has 2 aromatic carbocycles. The number of rotatable bonds is 3. The van der Waals surface area contributed by atoms with Gasteiger partial charge in [-0.05, 0) is 57.9 Å². The van der Waals surface area contributed by atoms with E-state index in [1.165, 1.54) is 24.3 Å². The molecule has 0 saturated heterocycles. The molecule has 0 bridgehead atoms. The SMILES string of the molecule is C=Cc1cc(OC(F)(F)F)ccc1Cl.FC(F)(F)Oc1ccc(Cl)c(Br)c1. The Morgan fingerprint density at radius 1 is 0.815 bits per heavy atom. The van der Waals surface area contributed by atoms with Crippen molar-refractivity contribution >= 4 is 45.2 Å². The highest BCUT2D eigenvalue weighted by Crippen LogP contribution is 2.30. The van der Waals surface area contributed by atoms with Crippen molar-refractivity contribution in [1.82, 2.24) is 0 Å². The molecule has 2 nitrogen and oxygen atoms in total. The minimum absolute atomic E-state index is 0.302. The third-order valence-corrected chi connectivity index (χ3v) is 4.10. The summed E-state index contributed by atoms with van der Waals surface area (Å²) in [6.45, 7) is 3.41. The van der Waals surface area contributed by atoms with E-state index in [2.05, 4.69) is 32.0 Å². The van der Waals surface area contributed by atoms with Gasteiger partial charge in [0.15, 0.2) is 0 Å². The first-order valence-electron chi connectivity index (χ1n) is 6.69. The highest BCUT2D eigenvalue weighted by Gasteiger charge is 2.31. The van der Waals surface area contributed by atoms with Crippen molar-refractivity contribution in [2.45, 2.75) is 12.7 Å². The zero-order valence-corrected chi connectivity index (χ0v) is 16.1. The lowest BCUT2D eigenvalue weighted by Crippen LogP contribution is -2.17. The highest BCUT2D eigenvalue weighted by atomic mass is 79.9. The minimum atomic E-state index is -4.69. The van der Waals surface area contributed by atoms with Crippen LogP contribution in [-0.2, 0) is 0 Å². The fraction of sp³-hybridized carbons (Fsp3) is 0.125. The number of halogens is 9. The molecule has 27 heavy (non-hydrogen) atoms. The van der Waals surface area contributed by atoms with E-state index >= 15 is 0 Å². The van der Waals surface area contributed by atoms with E-state index in [1.807, 2.05) is 0 Å². The van der Waals surface area contributed by atoms with Crippen LogP contribution < -0.4 is 9.47 Å².